The molecule has 1 fully saturated rings. The first kappa shape index (κ1) is 23.8. The van der Waals surface area contributed by atoms with E-state index in [0.29, 0.717) is 18.3 Å². The van der Waals surface area contributed by atoms with Gasteiger partial charge in [-0.2, -0.15) is 0 Å². The number of rotatable bonds is 6. The topological polar surface area (TPSA) is 81.3 Å². The van der Waals surface area contributed by atoms with Crippen molar-refractivity contribution < 1.29 is 14.2 Å². The van der Waals surface area contributed by atoms with Crippen LogP contribution in [0, 0.1) is 0 Å². The van der Waals surface area contributed by atoms with E-state index in [1.165, 1.54) is 0 Å². The SMILES string of the molecule is COc1ccc(OC)c(NC(N)=NCC(C)(C)N2CC(C)OC(C)C2)c1.I. The van der Waals surface area contributed by atoms with Crippen molar-refractivity contribution in [3.8, 4) is 11.5 Å². The molecule has 1 saturated heterocycles. The zero-order valence-electron chi connectivity index (χ0n) is 17.1. The van der Waals surface area contributed by atoms with Gasteiger partial charge in [0.15, 0.2) is 5.96 Å². The van der Waals surface area contributed by atoms with Crippen LogP contribution in [-0.2, 0) is 4.74 Å². The number of anilines is 1. The average molecular weight is 492 g/mol. The summed E-state index contributed by atoms with van der Waals surface area (Å²) < 4.78 is 16.4. The highest BCUT2D eigenvalue weighted by Gasteiger charge is 2.33. The van der Waals surface area contributed by atoms with Gasteiger partial charge < -0.3 is 25.3 Å². The van der Waals surface area contributed by atoms with Crippen LogP contribution >= 0.6 is 24.0 Å². The summed E-state index contributed by atoms with van der Waals surface area (Å²) in [7, 11) is 3.24. The molecule has 0 bridgehead atoms. The molecule has 154 valence electrons. The van der Waals surface area contributed by atoms with E-state index in [2.05, 4.69) is 42.9 Å². The third kappa shape index (κ3) is 6.69. The fourth-order valence-corrected chi connectivity index (χ4v) is 3.14. The lowest BCUT2D eigenvalue weighted by atomic mass is 10.0. The number of benzene rings is 1. The third-order valence-corrected chi connectivity index (χ3v) is 4.58. The first-order chi connectivity index (χ1) is 12.2. The number of halogens is 1. The lowest BCUT2D eigenvalue weighted by molar-refractivity contribution is -0.0939. The Morgan fingerprint density at radius 2 is 1.89 bits per heavy atom. The lowest BCUT2D eigenvalue weighted by Gasteiger charge is -2.44. The quantitative estimate of drug-likeness (QED) is 0.361. The van der Waals surface area contributed by atoms with E-state index in [0.717, 1.165) is 24.5 Å². The smallest absolute Gasteiger partial charge is 0.193 e. The van der Waals surface area contributed by atoms with E-state index >= 15 is 0 Å². The summed E-state index contributed by atoms with van der Waals surface area (Å²) in [6.45, 7) is 10.9. The normalized spacial score (nSPS) is 21.3. The fourth-order valence-electron chi connectivity index (χ4n) is 3.14. The van der Waals surface area contributed by atoms with Crippen LogP contribution in [0.25, 0.3) is 0 Å². The van der Waals surface area contributed by atoms with E-state index in [1.54, 1.807) is 14.2 Å². The molecule has 27 heavy (non-hydrogen) atoms. The molecular formula is C19H33IN4O3. The summed E-state index contributed by atoms with van der Waals surface area (Å²) in [5.41, 5.74) is 6.72. The maximum absolute atomic E-state index is 6.11. The minimum atomic E-state index is -0.114. The van der Waals surface area contributed by atoms with Gasteiger partial charge in [-0.25, -0.2) is 0 Å². The second kappa shape index (κ2) is 10.3. The molecule has 0 aliphatic carbocycles. The summed E-state index contributed by atoms with van der Waals surface area (Å²) in [6.07, 6.45) is 0.442. The molecule has 1 heterocycles. The number of nitrogens with two attached hydrogens (primary N) is 1. The van der Waals surface area contributed by atoms with Gasteiger partial charge in [-0.15, -0.1) is 24.0 Å². The van der Waals surface area contributed by atoms with Gasteiger partial charge >= 0.3 is 0 Å². The van der Waals surface area contributed by atoms with E-state index in [-0.39, 0.29) is 41.7 Å². The van der Waals surface area contributed by atoms with E-state index < -0.39 is 0 Å². The number of hydrogen-bond acceptors (Lipinski definition) is 5. The first-order valence-corrected chi connectivity index (χ1v) is 8.94. The fraction of sp³-hybridized carbons (Fsp3) is 0.632. The number of aliphatic imine (C=N–C) groups is 1. The zero-order chi connectivity index (χ0) is 19.3. The molecule has 1 aliphatic rings. The molecule has 3 N–H and O–H groups in total. The second-order valence-corrected chi connectivity index (χ2v) is 7.37. The van der Waals surface area contributed by atoms with Crippen molar-refractivity contribution in [3.05, 3.63) is 18.2 Å². The Bertz CT molecular complexity index is 629. The van der Waals surface area contributed by atoms with Crippen molar-refractivity contribution in [3.63, 3.8) is 0 Å². The van der Waals surface area contributed by atoms with Crippen LogP contribution in [0.4, 0.5) is 5.69 Å². The van der Waals surface area contributed by atoms with Crippen LogP contribution < -0.4 is 20.5 Å². The zero-order valence-corrected chi connectivity index (χ0v) is 19.4. The summed E-state index contributed by atoms with van der Waals surface area (Å²) in [5, 5.41) is 3.11. The molecule has 7 nitrogen and oxygen atoms in total. The molecule has 1 aromatic rings. The summed E-state index contributed by atoms with van der Waals surface area (Å²) in [6, 6.07) is 5.49. The largest absolute Gasteiger partial charge is 0.497 e. The van der Waals surface area contributed by atoms with Crippen LogP contribution in [-0.4, -0.2) is 62.5 Å². The van der Waals surface area contributed by atoms with Crippen molar-refractivity contribution in [2.45, 2.75) is 45.4 Å². The Balaban J connectivity index is 0.00000364. The van der Waals surface area contributed by atoms with Gasteiger partial charge in [-0.05, 0) is 39.8 Å². The Morgan fingerprint density at radius 3 is 2.44 bits per heavy atom. The maximum Gasteiger partial charge on any atom is 0.193 e. The van der Waals surface area contributed by atoms with Gasteiger partial charge in [0.1, 0.15) is 11.5 Å². The molecule has 0 amide bonds. The molecule has 1 aromatic carbocycles. The molecular weight excluding hydrogens is 459 g/mol. The van der Waals surface area contributed by atoms with Crippen LogP contribution in [0.3, 0.4) is 0 Å². The molecule has 8 heteroatoms. The van der Waals surface area contributed by atoms with E-state index in [1.807, 2.05) is 18.2 Å². The summed E-state index contributed by atoms with van der Waals surface area (Å²) >= 11 is 0. The molecule has 1 aliphatic heterocycles. The highest BCUT2D eigenvalue weighted by molar-refractivity contribution is 14.0. The van der Waals surface area contributed by atoms with Crippen molar-refractivity contribution in [2.75, 3.05) is 39.2 Å². The Morgan fingerprint density at radius 1 is 1.26 bits per heavy atom. The molecule has 0 spiro atoms. The van der Waals surface area contributed by atoms with Gasteiger partial charge in [-0.3, -0.25) is 9.89 Å². The summed E-state index contributed by atoms with van der Waals surface area (Å²) in [5.74, 6) is 1.75. The molecule has 0 aromatic heterocycles. The Kier molecular flexibility index (Phi) is 9.10. The first-order valence-electron chi connectivity index (χ1n) is 8.94. The van der Waals surface area contributed by atoms with Gasteiger partial charge in [-0.1, -0.05) is 0 Å². The van der Waals surface area contributed by atoms with Crippen molar-refractivity contribution in [1.82, 2.24) is 4.90 Å². The minimum absolute atomic E-state index is 0. The minimum Gasteiger partial charge on any atom is -0.497 e. The Hall–Kier alpha value is -1.26. The van der Waals surface area contributed by atoms with E-state index in [9.17, 15) is 0 Å². The Labute approximate surface area is 179 Å². The maximum atomic E-state index is 6.11. The number of nitrogens with one attached hydrogen (secondary N) is 1. The number of ether oxygens (including phenoxy) is 3. The number of methoxy groups -OCH3 is 2. The van der Waals surface area contributed by atoms with Crippen LogP contribution in [0.5, 0.6) is 11.5 Å². The third-order valence-electron chi connectivity index (χ3n) is 4.58. The number of morpholine rings is 1. The van der Waals surface area contributed by atoms with Gasteiger partial charge in [0.05, 0.1) is 38.7 Å². The monoisotopic (exact) mass is 492 g/mol. The highest BCUT2D eigenvalue weighted by Crippen LogP contribution is 2.28. The molecule has 0 saturated carbocycles. The van der Waals surface area contributed by atoms with Crippen LogP contribution in [0.2, 0.25) is 0 Å². The second-order valence-electron chi connectivity index (χ2n) is 7.37. The lowest BCUT2D eigenvalue weighted by Crippen LogP contribution is -2.56. The number of nitrogens with zero attached hydrogens (tertiary/aromatic N) is 2. The van der Waals surface area contributed by atoms with Crippen LogP contribution in [0.1, 0.15) is 27.7 Å². The van der Waals surface area contributed by atoms with Gasteiger partial charge in [0.2, 0.25) is 0 Å². The molecule has 2 unspecified atom stereocenters. The van der Waals surface area contributed by atoms with Gasteiger partial charge in [0.25, 0.3) is 0 Å². The van der Waals surface area contributed by atoms with Crippen molar-refractivity contribution >= 4 is 35.6 Å². The molecule has 2 rings (SSSR count). The standard InChI is InChI=1S/C19H32N4O3.HI/c1-13-10-23(11-14(2)26-13)19(3,4)12-21-18(20)22-16-9-15(24-5)7-8-17(16)25-6;/h7-9,13-14H,10-12H2,1-6H3,(H3,20,21,22);1H. The summed E-state index contributed by atoms with van der Waals surface area (Å²) in [4.78, 5) is 6.96. The van der Waals surface area contributed by atoms with Crippen molar-refractivity contribution in [1.29, 1.82) is 0 Å². The van der Waals surface area contributed by atoms with E-state index in [4.69, 9.17) is 19.9 Å². The number of guanidine groups is 1. The van der Waals surface area contributed by atoms with Crippen molar-refractivity contribution in [2.24, 2.45) is 10.7 Å². The molecule has 0 radical (unpaired) electrons. The predicted molar refractivity (Wildman–Crippen MR) is 121 cm³/mol. The average Bonchev–Trinajstić information content (AvgIpc) is 2.59. The molecule has 2 atom stereocenters. The van der Waals surface area contributed by atoms with Gasteiger partial charge in [0, 0.05) is 24.7 Å². The number of hydrogen-bond donors (Lipinski definition) is 2. The predicted octanol–water partition coefficient (Wildman–Crippen LogP) is 2.94. The highest BCUT2D eigenvalue weighted by atomic mass is 127. The van der Waals surface area contributed by atoms with Crippen LogP contribution in [0.15, 0.2) is 23.2 Å².